The van der Waals surface area contributed by atoms with Gasteiger partial charge in [0.05, 0.1) is 17.7 Å². The molecule has 3 rings (SSSR count). The van der Waals surface area contributed by atoms with Crippen LogP contribution >= 0.6 is 0 Å². The zero-order chi connectivity index (χ0) is 23.1. The Bertz CT molecular complexity index is 1180. The number of ether oxygens (including phenoxy) is 2. The average Bonchev–Trinajstić information content (AvgIpc) is 2.79. The van der Waals surface area contributed by atoms with Gasteiger partial charge in [-0.05, 0) is 61.4 Å². The number of sulfonamides is 1. The number of para-hydroxylation sites is 1. The number of nitrogens with one attached hydrogen (secondary N) is 2. The summed E-state index contributed by atoms with van der Waals surface area (Å²) in [5.41, 5.74) is 1.81. The highest BCUT2D eigenvalue weighted by Gasteiger charge is 2.20. The van der Waals surface area contributed by atoms with E-state index in [9.17, 15) is 13.2 Å². The van der Waals surface area contributed by atoms with Crippen molar-refractivity contribution in [1.82, 2.24) is 0 Å². The Hall–Kier alpha value is -3.52. The molecular weight excluding hydrogens is 428 g/mol. The third-order valence-electron chi connectivity index (χ3n) is 4.80. The number of methoxy groups -OCH3 is 1. The van der Waals surface area contributed by atoms with Crippen molar-refractivity contribution in [3.05, 3.63) is 78.4 Å². The van der Waals surface area contributed by atoms with E-state index < -0.39 is 16.1 Å². The van der Waals surface area contributed by atoms with E-state index in [0.29, 0.717) is 29.3 Å². The average molecular weight is 455 g/mol. The Balaban J connectivity index is 1.67. The molecule has 0 saturated carbocycles. The molecule has 0 aliphatic heterocycles. The monoisotopic (exact) mass is 454 g/mol. The van der Waals surface area contributed by atoms with Crippen LogP contribution in [0.2, 0.25) is 0 Å². The van der Waals surface area contributed by atoms with Gasteiger partial charge in [-0.1, -0.05) is 31.2 Å². The Morgan fingerprint density at radius 3 is 2.31 bits per heavy atom. The number of carbonyl (C=O) groups excluding carboxylic acids is 1. The molecule has 0 spiro atoms. The van der Waals surface area contributed by atoms with Crippen molar-refractivity contribution < 1.29 is 22.7 Å². The number of carbonyl (C=O) groups is 1. The van der Waals surface area contributed by atoms with E-state index in [0.717, 1.165) is 5.56 Å². The Morgan fingerprint density at radius 1 is 0.969 bits per heavy atom. The van der Waals surface area contributed by atoms with Gasteiger partial charge < -0.3 is 14.8 Å². The summed E-state index contributed by atoms with van der Waals surface area (Å²) in [6, 6.07) is 20.1. The fourth-order valence-corrected chi connectivity index (χ4v) is 4.12. The first-order chi connectivity index (χ1) is 15.3. The van der Waals surface area contributed by atoms with Crippen LogP contribution in [0.25, 0.3) is 0 Å². The maximum atomic E-state index is 12.7. The fraction of sp³-hybridized carbons (Fsp3) is 0.208. The maximum absolute atomic E-state index is 12.7. The van der Waals surface area contributed by atoms with Crippen LogP contribution in [-0.2, 0) is 14.8 Å². The van der Waals surface area contributed by atoms with Gasteiger partial charge in [0.15, 0.2) is 6.10 Å². The molecule has 2 N–H and O–H groups in total. The van der Waals surface area contributed by atoms with Gasteiger partial charge in [-0.2, -0.15) is 0 Å². The van der Waals surface area contributed by atoms with Crippen molar-refractivity contribution in [2.45, 2.75) is 31.3 Å². The molecule has 0 fully saturated rings. The van der Waals surface area contributed by atoms with Crippen LogP contribution in [0.5, 0.6) is 11.5 Å². The lowest BCUT2D eigenvalue weighted by molar-refractivity contribution is -0.122. The van der Waals surface area contributed by atoms with Gasteiger partial charge in [0.1, 0.15) is 11.5 Å². The van der Waals surface area contributed by atoms with Crippen LogP contribution in [0.4, 0.5) is 11.4 Å². The SMILES string of the molecule is CC[C@H](Oc1cccc(OC)c1)C(=O)Nc1ccc(S(=O)(=O)Nc2ccccc2C)cc1. The van der Waals surface area contributed by atoms with E-state index in [1.807, 2.05) is 26.0 Å². The number of hydrogen-bond acceptors (Lipinski definition) is 5. The predicted octanol–water partition coefficient (Wildman–Crippen LogP) is 4.60. The van der Waals surface area contributed by atoms with Gasteiger partial charge in [0, 0.05) is 11.8 Å². The molecule has 32 heavy (non-hydrogen) atoms. The van der Waals surface area contributed by atoms with Crippen molar-refractivity contribution in [3.8, 4) is 11.5 Å². The molecule has 0 bridgehead atoms. The van der Waals surface area contributed by atoms with Crippen LogP contribution in [0, 0.1) is 6.92 Å². The summed E-state index contributed by atoms with van der Waals surface area (Å²) >= 11 is 0. The Kier molecular flexibility index (Phi) is 7.37. The van der Waals surface area contributed by atoms with Gasteiger partial charge in [-0.15, -0.1) is 0 Å². The second kappa shape index (κ2) is 10.2. The molecule has 0 unspecified atom stereocenters. The number of benzene rings is 3. The van der Waals surface area contributed by atoms with Crippen LogP contribution in [-0.4, -0.2) is 27.5 Å². The third-order valence-corrected chi connectivity index (χ3v) is 6.19. The van der Waals surface area contributed by atoms with Crippen molar-refractivity contribution >= 4 is 27.3 Å². The van der Waals surface area contributed by atoms with E-state index in [4.69, 9.17) is 9.47 Å². The lowest BCUT2D eigenvalue weighted by atomic mass is 10.2. The standard InChI is InChI=1S/C24H26N2O5S/c1-4-23(31-20-10-7-9-19(16-20)30-3)24(27)25-18-12-14-21(15-13-18)32(28,29)26-22-11-6-5-8-17(22)2/h5-16,23,26H,4H2,1-3H3,(H,25,27)/t23-/m0/s1. The summed E-state index contributed by atoms with van der Waals surface area (Å²) in [5.74, 6) is 0.827. The number of aryl methyl sites for hydroxylation is 1. The first-order valence-electron chi connectivity index (χ1n) is 10.1. The van der Waals surface area contributed by atoms with Crippen LogP contribution in [0.15, 0.2) is 77.7 Å². The molecular formula is C24H26N2O5S. The molecule has 1 atom stereocenters. The molecule has 3 aromatic rings. The summed E-state index contributed by atoms with van der Waals surface area (Å²) in [6.07, 6.45) is -0.260. The van der Waals surface area contributed by atoms with Gasteiger partial charge in [-0.25, -0.2) is 8.42 Å². The molecule has 3 aromatic carbocycles. The van der Waals surface area contributed by atoms with Gasteiger partial charge >= 0.3 is 0 Å². The van der Waals surface area contributed by atoms with Crippen molar-refractivity contribution in [2.24, 2.45) is 0 Å². The van der Waals surface area contributed by atoms with Gasteiger partial charge in [0.25, 0.3) is 15.9 Å². The van der Waals surface area contributed by atoms with Gasteiger partial charge in [-0.3, -0.25) is 9.52 Å². The summed E-state index contributed by atoms with van der Waals surface area (Å²) in [7, 11) is -2.19. The molecule has 1 amide bonds. The first kappa shape index (κ1) is 23.1. The largest absolute Gasteiger partial charge is 0.497 e. The molecule has 8 heteroatoms. The summed E-state index contributed by atoms with van der Waals surface area (Å²) < 4.78 is 38.9. The molecule has 0 radical (unpaired) electrons. The lowest BCUT2D eigenvalue weighted by Gasteiger charge is -2.18. The van der Waals surface area contributed by atoms with E-state index in [-0.39, 0.29) is 10.8 Å². The first-order valence-corrected chi connectivity index (χ1v) is 11.6. The maximum Gasteiger partial charge on any atom is 0.265 e. The summed E-state index contributed by atoms with van der Waals surface area (Å²) in [5, 5.41) is 2.77. The summed E-state index contributed by atoms with van der Waals surface area (Å²) in [6.45, 7) is 3.67. The highest BCUT2D eigenvalue weighted by Crippen LogP contribution is 2.23. The van der Waals surface area contributed by atoms with E-state index in [1.54, 1.807) is 55.6 Å². The topological polar surface area (TPSA) is 93.7 Å². The number of hydrogen-bond donors (Lipinski definition) is 2. The zero-order valence-electron chi connectivity index (χ0n) is 18.2. The fourth-order valence-electron chi connectivity index (χ4n) is 2.99. The molecule has 168 valence electrons. The normalized spacial score (nSPS) is 12.0. The molecule has 0 aliphatic carbocycles. The summed E-state index contributed by atoms with van der Waals surface area (Å²) in [4.78, 5) is 12.8. The van der Waals surface area contributed by atoms with Crippen LogP contribution < -0.4 is 19.5 Å². The smallest absolute Gasteiger partial charge is 0.265 e. The minimum Gasteiger partial charge on any atom is -0.497 e. The van der Waals surface area contributed by atoms with E-state index >= 15 is 0 Å². The minimum atomic E-state index is -3.75. The van der Waals surface area contributed by atoms with Crippen molar-refractivity contribution in [1.29, 1.82) is 0 Å². The number of rotatable bonds is 9. The van der Waals surface area contributed by atoms with Crippen LogP contribution in [0.3, 0.4) is 0 Å². The Labute approximate surface area is 188 Å². The molecule has 0 aliphatic rings. The minimum absolute atomic E-state index is 0.0958. The number of amides is 1. The third kappa shape index (κ3) is 5.79. The lowest BCUT2D eigenvalue weighted by Crippen LogP contribution is -2.32. The Morgan fingerprint density at radius 2 is 1.66 bits per heavy atom. The molecule has 0 heterocycles. The molecule has 7 nitrogen and oxygen atoms in total. The highest BCUT2D eigenvalue weighted by atomic mass is 32.2. The molecule has 0 saturated heterocycles. The van der Waals surface area contributed by atoms with Crippen molar-refractivity contribution in [2.75, 3.05) is 17.1 Å². The quantitative estimate of drug-likeness (QED) is 0.493. The second-order valence-corrected chi connectivity index (χ2v) is 8.81. The number of anilines is 2. The van der Waals surface area contributed by atoms with E-state index in [2.05, 4.69) is 10.0 Å². The second-order valence-electron chi connectivity index (χ2n) is 7.13. The van der Waals surface area contributed by atoms with E-state index in [1.165, 1.54) is 12.1 Å². The predicted molar refractivity (Wildman–Crippen MR) is 125 cm³/mol. The van der Waals surface area contributed by atoms with Gasteiger partial charge in [0.2, 0.25) is 0 Å². The van der Waals surface area contributed by atoms with Crippen molar-refractivity contribution in [3.63, 3.8) is 0 Å². The zero-order valence-corrected chi connectivity index (χ0v) is 19.0. The van der Waals surface area contributed by atoms with Crippen LogP contribution in [0.1, 0.15) is 18.9 Å². The molecule has 0 aromatic heterocycles. The highest BCUT2D eigenvalue weighted by molar-refractivity contribution is 7.92.